The molecule has 0 spiro atoms. The van der Waals surface area contributed by atoms with E-state index in [1.807, 2.05) is 0 Å². The summed E-state index contributed by atoms with van der Waals surface area (Å²) >= 11 is 5.26. The number of aromatic nitrogens is 2. The lowest BCUT2D eigenvalue weighted by atomic mass is 10.2. The van der Waals surface area contributed by atoms with Crippen molar-refractivity contribution in [2.75, 3.05) is 17.8 Å². The fraction of sp³-hybridized carbons (Fsp3) is 0.417. The van der Waals surface area contributed by atoms with E-state index in [1.54, 1.807) is 16.7 Å². The summed E-state index contributed by atoms with van der Waals surface area (Å²) in [6.07, 6.45) is 1.63. The van der Waals surface area contributed by atoms with Crippen molar-refractivity contribution >= 4 is 42.9 Å². The number of para-hydroxylation sites is 1. The van der Waals surface area contributed by atoms with Gasteiger partial charge in [-0.3, -0.25) is 0 Å². The predicted molar refractivity (Wildman–Crippen MR) is 82.5 cm³/mol. The van der Waals surface area contributed by atoms with Crippen molar-refractivity contribution in [3.63, 3.8) is 0 Å². The summed E-state index contributed by atoms with van der Waals surface area (Å²) in [4.78, 5) is 3.08. The molecule has 3 rings (SSSR count). The number of rotatable bonds is 2. The van der Waals surface area contributed by atoms with Crippen molar-refractivity contribution in [3.05, 3.63) is 23.0 Å². The van der Waals surface area contributed by atoms with E-state index in [4.69, 9.17) is 12.2 Å². The first-order valence-corrected chi connectivity index (χ1v) is 10.4. The minimum absolute atomic E-state index is 0.0391. The van der Waals surface area contributed by atoms with Crippen molar-refractivity contribution in [1.82, 2.24) is 9.55 Å². The van der Waals surface area contributed by atoms with Gasteiger partial charge in [0, 0.05) is 6.26 Å². The number of benzene rings is 1. The van der Waals surface area contributed by atoms with Gasteiger partial charge < -0.3 is 9.55 Å². The highest BCUT2D eigenvalue weighted by molar-refractivity contribution is 7.91. The van der Waals surface area contributed by atoms with E-state index >= 15 is 0 Å². The first kappa shape index (κ1) is 14.7. The van der Waals surface area contributed by atoms with Gasteiger partial charge in [-0.1, -0.05) is 6.07 Å². The van der Waals surface area contributed by atoms with Crippen molar-refractivity contribution in [2.45, 2.75) is 17.4 Å². The van der Waals surface area contributed by atoms with Crippen LogP contribution < -0.4 is 0 Å². The van der Waals surface area contributed by atoms with Crippen LogP contribution in [0, 0.1) is 4.77 Å². The van der Waals surface area contributed by atoms with Crippen LogP contribution in [0.4, 0.5) is 0 Å². The quantitative estimate of drug-likeness (QED) is 0.832. The summed E-state index contributed by atoms with van der Waals surface area (Å²) in [5.41, 5.74) is 1.07. The van der Waals surface area contributed by atoms with E-state index < -0.39 is 19.7 Å². The molecule has 2 aromatic rings. The topological polar surface area (TPSA) is 89.0 Å². The zero-order valence-corrected chi connectivity index (χ0v) is 13.7. The summed E-state index contributed by atoms with van der Waals surface area (Å²) in [6.45, 7) is 0. The van der Waals surface area contributed by atoms with Crippen molar-refractivity contribution in [1.29, 1.82) is 0 Å². The van der Waals surface area contributed by atoms with Crippen LogP contribution in [0.3, 0.4) is 0 Å². The van der Waals surface area contributed by atoms with Crippen LogP contribution in [-0.4, -0.2) is 44.1 Å². The van der Waals surface area contributed by atoms with Gasteiger partial charge in [0.15, 0.2) is 24.4 Å². The number of imidazole rings is 1. The number of nitrogens with one attached hydrogen (secondary N) is 1. The molecule has 0 amide bonds. The molecule has 1 atom stereocenters. The highest BCUT2D eigenvalue weighted by Crippen LogP contribution is 2.30. The molecule has 0 saturated carbocycles. The van der Waals surface area contributed by atoms with Crippen molar-refractivity contribution in [2.24, 2.45) is 0 Å². The Kier molecular flexibility index (Phi) is 3.26. The molecule has 0 aliphatic carbocycles. The number of aromatic amines is 1. The highest BCUT2D eigenvalue weighted by atomic mass is 32.2. The van der Waals surface area contributed by atoms with Gasteiger partial charge in [0.2, 0.25) is 0 Å². The third kappa shape index (κ3) is 2.53. The number of hydrogen-bond donors (Lipinski definition) is 1. The number of sulfone groups is 2. The lowest BCUT2D eigenvalue weighted by molar-refractivity contribution is 0.563. The maximum absolute atomic E-state index is 11.8. The molecule has 1 fully saturated rings. The predicted octanol–water partition coefficient (Wildman–Crippen LogP) is 1.46. The molecule has 2 heterocycles. The second-order valence-electron chi connectivity index (χ2n) is 5.28. The third-order valence-electron chi connectivity index (χ3n) is 3.69. The Morgan fingerprint density at radius 2 is 2.10 bits per heavy atom. The number of hydrogen-bond acceptors (Lipinski definition) is 5. The summed E-state index contributed by atoms with van der Waals surface area (Å²) in [6, 6.07) is 4.66. The van der Waals surface area contributed by atoms with E-state index in [9.17, 15) is 16.8 Å². The van der Waals surface area contributed by atoms with Gasteiger partial charge in [-0.25, -0.2) is 16.8 Å². The highest BCUT2D eigenvalue weighted by Gasteiger charge is 2.31. The molecule has 0 radical (unpaired) electrons. The molecule has 1 aromatic heterocycles. The molecule has 1 aliphatic rings. The second kappa shape index (κ2) is 4.65. The van der Waals surface area contributed by atoms with Gasteiger partial charge in [0.25, 0.3) is 0 Å². The Morgan fingerprint density at radius 3 is 2.67 bits per heavy atom. The number of H-pyrrole nitrogens is 1. The molecule has 1 unspecified atom stereocenters. The molecule has 1 N–H and O–H groups in total. The molecule has 114 valence electrons. The third-order valence-corrected chi connectivity index (χ3v) is 6.88. The molecular formula is C12H14N2O4S3. The van der Waals surface area contributed by atoms with Crippen LogP contribution in [0.2, 0.25) is 0 Å². The van der Waals surface area contributed by atoms with Gasteiger partial charge >= 0.3 is 0 Å². The molecule has 1 saturated heterocycles. The zero-order valence-electron chi connectivity index (χ0n) is 11.2. The Labute approximate surface area is 127 Å². The fourth-order valence-electron chi connectivity index (χ4n) is 2.77. The Bertz CT molecular complexity index is 983. The lowest BCUT2D eigenvalue weighted by Crippen LogP contribution is -2.11. The molecule has 21 heavy (non-hydrogen) atoms. The van der Waals surface area contributed by atoms with Gasteiger partial charge in [-0.05, 0) is 30.8 Å². The average molecular weight is 346 g/mol. The van der Waals surface area contributed by atoms with Gasteiger partial charge in [0.05, 0.1) is 33.5 Å². The van der Waals surface area contributed by atoms with E-state index in [-0.39, 0.29) is 22.4 Å². The smallest absolute Gasteiger partial charge is 0.178 e. The normalized spacial score (nSPS) is 21.9. The van der Waals surface area contributed by atoms with Crippen molar-refractivity contribution in [3.8, 4) is 0 Å². The van der Waals surface area contributed by atoms with E-state index in [2.05, 4.69) is 4.98 Å². The maximum Gasteiger partial charge on any atom is 0.178 e. The molecule has 1 aliphatic heterocycles. The zero-order chi connectivity index (χ0) is 15.4. The molecule has 9 heteroatoms. The van der Waals surface area contributed by atoms with E-state index in [0.717, 1.165) is 6.26 Å². The summed E-state index contributed by atoms with van der Waals surface area (Å²) in [5.74, 6) is 0.176. The number of fused-ring (bicyclic) bond motifs is 1. The van der Waals surface area contributed by atoms with Crippen LogP contribution in [0.1, 0.15) is 12.5 Å². The summed E-state index contributed by atoms with van der Waals surface area (Å²) in [7, 11) is -6.43. The van der Waals surface area contributed by atoms with Gasteiger partial charge in [-0.2, -0.15) is 0 Å². The molecule has 1 aromatic carbocycles. The summed E-state index contributed by atoms with van der Waals surface area (Å²) < 4.78 is 49.1. The second-order valence-corrected chi connectivity index (χ2v) is 9.88. The fourth-order valence-corrected chi connectivity index (χ4v) is 5.67. The van der Waals surface area contributed by atoms with Crippen LogP contribution in [0.25, 0.3) is 11.0 Å². The average Bonchev–Trinajstić information content (AvgIpc) is 2.86. The first-order valence-electron chi connectivity index (χ1n) is 6.33. The summed E-state index contributed by atoms with van der Waals surface area (Å²) in [5, 5.41) is 0. The lowest BCUT2D eigenvalue weighted by Gasteiger charge is -2.11. The van der Waals surface area contributed by atoms with Gasteiger partial charge in [0.1, 0.15) is 0 Å². The standard InChI is InChI=1S/C12H14N2O4S3/c1-20(15,16)10-4-2-3-9-11(10)13-12(19)14(9)8-5-6-21(17,18)7-8/h2-4,8H,5-7H2,1H3,(H,13,19). The van der Waals surface area contributed by atoms with Crippen LogP contribution in [0.5, 0.6) is 0 Å². The Morgan fingerprint density at radius 1 is 1.38 bits per heavy atom. The van der Waals surface area contributed by atoms with Crippen LogP contribution in [0.15, 0.2) is 23.1 Å². The minimum Gasteiger partial charge on any atom is -0.329 e. The monoisotopic (exact) mass is 346 g/mol. The maximum atomic E-state index is 11.8. The molecular weight excluding hydrogens is 332 g/mol. The molecule has 0 bridgehead atoms. The van der Waals surface area contributed by atoms with Crippen LogP contribution >= 0.6 is 12.2 Å². The van der Waals surface area contributed by atoms with E-state index in [1.165, 1.54) is 6.07 Å². The Balaban J connectivity index is 2.27. The number of nitrogens with zero attached hydrogens (tertiary/aromatic N) is 1. The van der Waals surface area contributed by atoms with Crippen LogP contribution in [-0.2, 0) is 19.7 Å². The Hall–Kier alpha value is -1.19. The SMILES string of the molecule is CS(=O)(=O)c1cccc2c1[nH]c(=S)n2C1CCS(=O)(=O)C1. The van der Waals surface area contributed by atoms with Gasteiger partial charge in [-0.15, -0.1) is 0 Å². The minimum atomic E-state index is -3.39. The largest absolute Gasteiger partial charge is 0.329 e. The molecule has 6 nitrogen and oxygen atoms in total. The first-order chi connectivity index (χ1) is 9.69. The van der Waals surface area contributed by atoms with Crippen molar-refractivity contribution < 1.29 is 16.8 Å². The van der Waals surface area contributed by atoms with E-state index in [0.29, 0.717) is 22.2 Å².